The first-order valence-electron chi connectivity index (χ1n) is 7.78. The number of ether oxygens (including phenoxy) is 3. The van der Waals surface area contributed by atoms with Gasteiger partial charge in [-0.15, -0.1) is 0 Å². The minimum absolute atomic E-state index is 0.142. The average Bonchev–Trinajstić information content (AvgIpc) is 3.12. The van der Waals surface area contributed by atoms with Crippen LogP contribution in [0.2, 0.25) is 0 Å². The Kier molecular flexibility index (Phi) is 5.07. The summed E-state index contributed by atoms with van der Waals surface area (Å²) < 4.78 is 21.2. The van der Waals surface area contributed by atoms with Crippen LogP contribution in [0.4, 0.5) is 0 Å². The molecule has 1 N–H and O–H groups in total. The van der Waals surface area contributed by atoms with Gasteiger partial charge in [-0.3, -0.25) is 4.79 Å². The molecule has 0 unspecified atom stereocenters. The molecule has 1 heterocycles. The van der Waals surface area contributed by atoms with Crippen LogP contribution in [0.25, 0.3) is 11.0 Å². The van der Waals surface area contributed by atoms with E-state index in [0.717, 1.165) is 5.39 Å². The number of methoxy groups -OCH3 is 3. The van der Waals surface area contributed by atoms with Crippen molar-refractivity contribution in [2.45, 2.75) is 0 Å². The molecule has 134 valence electrons. The highest BCUT2D eigenvalue weighted by Crippen LogP contribution is 2.28. The Morgan fingerprint density at radius 2 is 1.85 bits per heavy atom. The summed E-state index contributed by atoms with van der Waals surface area (Å²) >= 11 is 0. The van der Waals surface area contributed by atoms with Gasteiger partial charge in [0, 0.05) is 17.0 Å². The van der Waals surface area contributed by atoms with Crippen molar-refractivity contribution in [3.05, 3.63) is 53.8 Å². The van der Waals surface area contributed by atoms with Crippen LogP contribution in [0.15, 0.2) is 52.0 Å². The van der Waals surface area contributed by atoms with Crippen LogP contribution in [0.1, 0.15) is 16.1 Å². The van der Waals surface area contributed by atoms with Gasteiger partial charge >= 0.3 is 5.91 Å². The van der Waals surface area contributed by atoms with Crippen molar-refractivity contribution >= 4 is 23.1 Å². The van der Waals surface area contributed by atoms with E-state index in [9.17, 15) is 4.79 Å². The van der Waals surface area contributed by atoms with Crippen LogP contribution in [-0.4, -0.2) is 33.5 Å². The van der Waals surface area contributed by atoms with Crippen molar-refractivity contribution in [1.82, 2.24) is 5.43 Å². The van der Waals surface area contributed by atoms with Crippen LogP contribution in [-0.2, 0) is 0 Å². The van der Waals surface area contributed by atoms with Crippen LogP contribution in [0.3, 0.4) is 0 Å². The Bertz CT molecular complexity index is 962. The average molecular weight is 354 g/mol. The molecule has 0 saturated carbocycles. The molecule has 26 heavy (non-hydrogen) atoms. The van der Waals surface area contributed by atoms with Gasteiger partial charge in [0.15, 0.2) is 17.1 Å². The van der Waals surface area contributed by atoms with Gasteiger partial charge in [-0.05, 0) is 24.3 Å². The summed E-state index contributed by atoms with van der Waals surface area (Å²) in [5.74, 6) is 1.48. The fourth-order valence-corrected chi connectivity index (χ4v) is 2.45. The second-order valence-corrected chi connectivity index (χ2v) is 5.30. The third kappa shape index (κ3) is 3.46. The van der Waals surface area contributed by atoms with E-state index >= 15 is 0 Å². The Balaban J connectivity index is 1.76. The molecular weight excluding hydrogens is 336 g/mol. The number of fused-ring (bicyclic) bond motifs is 1. The summed E-state index contributed by atoms with van der Waals surface area (Å²) in [6.45, 7) is 0. The number of carbonyl (C=O) groups excluding carboxylic acids is 1. The molecule has 7 heteroatoms. The van der Waals surface area contributed by atoms with Gasteiger partial charge in [0.25, 0.3) is 0 Å². The maximum Gasteiger partial charge on any atom is 0.307 e. The maximum atomic E-state index is 12.2. The van der Waals surface area contributed by atoms with Gasteiger partial charge in [-0.2, -0.15) is 5.10 Å². The smallest absolute Gasteiger partial charge is 0.307 e. The van der Waals surface area contributed by atoms with Crippen molar-refractivity contribution in [1.29, 1.82) is 0 Å². The highest BCUT2D eigenvalue weighted by molar-refractivity contribution is 5.97. The number of furan rings is 1. The van der Waals surface area contributed by atoms with Crippen LogP contribution in [0, 0.1) is 0 Å². The molecule has 1 amide bonds. The molecule has 2 aromatic carbocycles. The summed E-state index contributed by atoms with van der Waals surface area (Å²) in [4.78, 5) is 12.2. The third-order valence-electron chi connectivity index (χ3n) is 3.76. The highest BCUT2D eigenvalue weighted by Gasteiger charge is 2.14. The predicted molar refractivity (Wildman–Crippen MR) is 97.4 cm³/mol. The first-order valence-corrected chi connectivity index (χ1v) is 7.78. The molecule has 3 rings (SSSR count). The van der Waals surface area contributed by atoms with E-state index in [-0.39, 0.29) is 5.76 Å². The molecule has 3 aromatic rings. The molecule has 0 bridgehead atoms. The number of amides is 1. The Hall–Kier alpha value is -3.48. The van der Waals surface area contributed by atoms with Gasteiger partial charge in [-0.25, -0.2) is 5.43 Å². The predicted octanol–water partition coefficient (Wildman–Crippen LogP) is 3.22. The number of hydrazone groups is 1. The number of para-hydroxylation sites is 1. The quantitative estimate of drug-likeness (QED) is 0.543. The number of rotatable bonds is 6. The molecule has 0 radical (unpaired) electrons. The van der Waals surface area contributed by atoms with E-state index in [1.807, 2.05) is 12.1 Å². The number of hydrogen-bond acceptors (Lipinski definition) is 6. The minimum Gasteiger partial charge on any atom is -0.497 e. The molecule has 0 aliphatic rings. The molecule has 0 aliphatic carbocycles. The zero-order valence-electron chi connectivity index (χ0n) is 14.6. The van der Waals surface area contributed by atoms with E-state index in [0.29, 0.717) is 28.4 Å². The van der Waals surface area contributed by atoms with E-state index in [1.54, 1.807) is 51.7 Å². The van der Waals surface area contributed by atoms with Crippen LogP contribution < -0.4 is 19.6 Å². The van der Waals surface area contributed by atoms with Crippen molar-refractivity contribution in [2.24, 2.45) is 5.10 Å². The maximum absolute atomic E-state index is 12.2. The normalized spacial score (nSPS) is 10.9. The lowest BCUT2D eigenvalue weighted by molar-refractivity contribution is 0.0929. The molecule has 1 aromatic heterocycles. The lowest BCUT2D eigenvalue weighted by Gasteiger charge is -2.06. The van der Waals surface area contributed by atoms with Gasteiger partial charge in [0.1, 0.15) is 11.5 Å². The molecule has 0 fully saturated rings. The fourth-order valence-electron chi connectivity index (χ4n) is 2.45. The lowest BCUT2D eigenvalue weighted by Crippen LogP contribution is -2.16. The number of hydrogen-bond donors (Lipinski definition) is 1. The topological polar surface area (TPSA) is 82.3 Å². The molecule has 0 spiro atoms. The standard InChI is InChI=1S/C19H18N2O5/c1-23-14-8-7-13(16(10-14)25-3)11-20-21-19(22)17-9-12-5-4-6-15(24-2)18(12)26-17/h4-11H,1-3H3,(H,21,22)/b20-11-. The zero-order valence-corrected chi connectivity index (χ0v) is 14.6. The highest BCUT2D eigenvalue weighted by atomic mass is 16.5. The van der Waals surface area contributed by atoms with E-state index < -0.39 is 5.91 Å². The Morgan fingerprint density at radius 1 is 1.04 bits per heavy atom. The summed E-state index contributed by atoms with van der Waals surface area (Å²) in [5, 5.41) is 4.73. The lowest BCUT2D eigenvalue weighted by atomic mass is 10.2. The second-order valence-electron chi connectivity index (χ2n) is 5.30. The fraction of sp³-hybridized carbons (Fsp3) is 0.158. The van der Waals surface area contributed by atoms with Crippen molar-refractivity contribution in [3.8, 4) is 17.2 Å². The van der Waals surface area contributed by atoms with Gasteiger partial charge < -0.3 is 18.6 Å². The van der Waals surface area contributed by atoms with Crippen molar-refractivity contribution < 1.29 is 23.4 Å². The zero-order chi connectivity index (χ0) is 18.5. The van der Waals surface area contributed by atoms with Crippen molar-refractivity contribution in [2.75, 3.05) is 21.3 Å². The monoisotopic (exact) mass is 354 g/mol. The van der Waals surface area contributed by atoms with Crippen LogP contribution >= 0.6 is 0 Å². The molecular formula is C19H18N2O5. The Labute approximate surface area is 150 Å². The summed E-state index contributed by atoms with van der Waals surface area (Å²) in [6, 6.07) is 12.3. The molecule has 0 atom stereocenters. The van der Waals surface area contributed by atoms with Crippen molar-refractivity contribution in [3.63, 3.8) is 0 Å². The van der Waals surface area contributed by atoms with E-state index in [2.05, 4.69) is 10.5 Å². The minimum atomic E-state index is -0.466. The molecule has 0 saturated heterocycles. The van der Waals surface area contributed by atoms with Gasteiger partial charge in [0.05, 0.1) is 27.5 Å². The van der Waals surface area contributed by atoms with Gasteiger partial charge in [-0.1, -0.05) is 12.1 Å². The Morgan fingerprint density at radius 3 is 2.58 bits per heavy atom. The second kappa shape index (κ2) is 7.60. The number of carbonyl (C=O) groups is 1. The first kappa shape index (κ1) is 17.3. The number of benzene rings is 2. The number of nitrogens with zero attached hydrogens (tertiary/aromatic N) is 1. The summed E-state index contributed by atoms with van der Waals surface area (Å²) in [5.41, 5.74) is 3.64. The van der Waals surface area contributed by atoms with E-state index in [1.165, 1.54) is 6.21 Å². The van der Waals surface area contributed by atoms with E-state index in [4.69, 9.17) is 18.6 Å². The first-order chi connectivity index (χ1) is 12.7. The van der Waals surface area contributed by atoms with Gasteiger partial charge in [0.2, 0.25) is 0 Å². The largest absolute Gasteiger partial charge is 0.497 e. The third-order valence-corrected chi connectivity index (χ3v) is 3.76. The molecule has 0 aliphatic heterocycles. The number of nitrogens with one attached hydrogen (secondary N) is 1. The molecule has 7 nitrogen and oxygen atoms in total. The summed E-state index contributed by atoms with van der Waals surface area (Å²) in [6.07, 6.45) is 1.49. The summed E-state index contributed by atoms with van der Waals surface area (Å²) in [7, 11) is 4.67. The SMILES string of the molecule is COc1ccc(/C=N\NC(=O)c2cc3cccc(OC)c3o2)c(OC)c1. The van der Waals surface area contributed by atoms with Crippen LogP contribution in [0.5, 0.6) is 17.2 Å².